The molecule has 1 aromatic heterocycles. The third kappa shape index (κ3) is 4.68. The van der Waals surface area contributed by atoms with Crippen LogP contribution in [0.2, 0.25) is 0 Å². The molecule has 0 saturated carbocycles. The molecule has 0 aromatic carbocycles. The molecule has 1 heterocycles. The van der Waals surface area contributed by atoms with Crippen molar-refractivity contribution in [2.45, 2.75) is 45.3 Å². The summed E-state index contributed by atoms with van der Waals surface area (Å²) >= 11 is 1.22. The third-order valence-electron chi connectivity index (χ3n) is 3.01. The van der Waals surface area contributed by atoms with Crippen LogP contribution in [0.25, 0.3) is 0 Å². The van der Waals surface area contributed by atoms with Crippen molar-refractivity contribution in [1.82, 2.24) is 4.98 Å². The highest BCUT2D eigenvalue weighted by Crippen LogP contribution is 2.25. The number of hydrogen-bond donors (Lipinski definition) is 1. The number of hydrogen-bond acceptors (Lipinski definition) is 4. The fourth-order valence-electron chi connectivity index (χ4n) is 1.43. The molecule has 1 aromatic rings. The fraction of sp³-hybridized carbons (Fsp3) is 0.750. The zero-order chi connectivity index (χ0) is 15.3. The molecule has 0 aliphatic rings. The van der Waals surface area contributed by atoms with Crippen LogP contribution in [0, 0.1) is 5.92 Å². The van der Waals surface area contributed by atoms with Gasteiger partial charge in [0.05, 0.1) is 18.3 Å². The molecule has 0 aliphatic heterocycles. The van der Waals surface area contributed by atoms with E-state index in [9.17, 15) is 17.6 Å². The van der Waals surface area contributed by atoms with E-state index in [4.69, 9.17) is 5.73 Å². The Morgan fingerprint density at radius 2 is 2.10 bits per heavy atom. The standard InChI is InChI=1S/C12H18F4N2OS/c1-3-7(2)10(17)8-5-20-9(18-8)4-19-6-12(15,16)11(13)14/h5,7,10-11H,3-4,6,17H2,1-2H3. The Balaban J connectivity index is 2.49. The van der Waals surface area contributed by atoms with E-state index in [2.05, 4.69) is 9.72 Å². The smallest absolute Gasteiger partial charge is 0.330 e. The molecular formula is C12H18F4N2OS. The Labute approximate surface area is 119 Å². The van der Waals surface area contributed by atoms with Crippen LogP contribution in [-0.2, 0) is 11.3 Å². The van der Waals surface area contributed by atoms with Crippen LogP contribution in [0.4, 0.5) is 17.6 Å². The summed E-state index contributed by atoms with van der Waals surface area (Å²) in [5.41, 5.74) is 6.65. The number of halogens is 4. The molecule has 0 aliphatic carbocycles. The second kappa shape index (κ2) is 7.33. The lowest BCUT2D eigenvalue weighted by molar-refractivity contribution is -0.168. The first kappa shape index (κ1) is 17.3. The molecule has 0 radical (unpaired) electrons. The summed E-state index contributed by atoms with van der Waals surface area (Å²) in [6.45, 7) is 2.45. The molecule has 2 atom stereocenters. The van der Waals surface area contributed by atoms with Gasteiger partial charge in [-0.25, -0.2) is 13.8 Å². The predicted molar refractivity (Wildman–Crippen MR) is 69.1 cm³/mol. The first-order valence-electron chi connectivity index (χ1n) is 6.21. The van der Waals surface area contributed by atoms with Crippen molar-refractivity contribution in [1.29, 1.82) is 0 Å². The van der Waals surface area contributed by atoms with Gasteiger partial charge in [0.25, 0.3) is 0 Å². The second-order valence-corrected chi connectivity index (χ2v) is 5.57. The maximum atomic E-state index is 12.6. The monoisotopic (exact) mass is 314 g/mol. The largest absolute Gasteiger partial charge is 0.368 e. The van der Waals surface area contributed by atoms with E-state index in [1.165, 1.54) is 11.3 Å². The highest BCUT2D eigenvalue weighted by molar-refractivity contribution is 7.09. The molecule has 0 saturated heterocycles. The normalized spacial score (nSPS) is 15.6. The molecule has 3 nitrogen and oxygen atoms in total. The SMILES string of the molecule is CCC(C)C(N)c1csc(COCC(F)(F)C(F)F)n1. The number of ether oxygens (including phenoxy) is 1. The van der Waals surface area contributed by atoms with Gasteiger partial charge >= 0.3 is 12.3 Å². The van der Waals surface area contributed by atoms with E-state index in [0.29, 0.717) is 10.7 Å². The van der Waals surface area contributed by atoms with Gasteiger partial charge in [0.15, 0.2) is 0 Å². The Kier molecular flexibility index (Phi) is 6.35. The van der Waals surface area contributed by atoms with E-state index in [1.54, 1.807) is 5.38 Å². The summed E-state index contributed by atoms with van der Waals surface area (Å²) < 4.78 is 53.7. The van der Waals surface area contributed by atoms with Crippen LogP contribution in [0.1, 0.15) is 37.0 Å². The molecule has 8 heteroatoms. The molecular weight excluding hydrogens is 296 g/mol. The number of nitrogens with two attached hydrogens (primary N) is 1. The van der Waals surface area contributed by atoms with Gasteiger partial charge in [-0.3, -0.25) is 0 Å². The maximum Gasteiger partial charge on any atom is 0.330 e. The third-order valence-corrected chi connectivity index (χ3v) is 3.85. The van der Waals surface area contributed by atoms with E-state index < -0.39 is 19.0 Å². The Morgan fingerprint density at radius 3 is 2.65 bits per heavy atom. The van der Waals surface area contributed by atoms with E-state index in [1.807, 2.05) is 13.8 Å². The molecule has 0 spiro atoms. The van der Waals surface area contributed by atoms with Gasteiger partial charge < -0.3 is 10.5 Å². The highest BCUT2D eigenvalue weighted by atomic mass is 32.1. The molecule has 20 heavy (non-hydrogen) atoms. The van der Waals surface area contributed by atoms with Gasteiger partial charge in [-0.05, 0) is 5.92 Å². The van der Waals surface area contributed by atoms with Crippen molar-refractivity contribution in [2.24, 2.45) is 11.7 Å². The second-order valence-electron chi connectivity index (χ2n) is 4.63. The average molecular weight is 314 g/mol. The summed E-state index contributed by atoms with van der Waals surface area (Å²) in [6, 6.07) is -0.229. The van der Waals surface area contributed by atoms with Gasteiger partial charge in [-0.15, -0.1) is 11.3 Å². The molecule has 1 rings (SSSR count). The van der Waals surface area contributed by atoms with E-state index in [-0.39, 0.29) is 18.6 Å². The molecule has 2 unspecified atom stereocenters. The first-order valence-corrected chi connectivity index (χ1v) is 7.09. The minimum Gasteiger partial charge on any atom is -0.368 e. The molecule has 2 N–H and O–H groups in total. The lowest BCUT2D eigenvalue weighted by Crippen LogP contribution is -2.32. The fourth-order valence-corrected chi connectivity index (χ4v) is 2.20. The van der Waals surface area contributed by atoms with Crippen molar-refractivity contribution in [3.63, 3.8) is 0 Å². The van der Waals surface area contributed by atoms with Crippen LogP contribution in [0.5, 0.6) is 0 Å². The van der Waals surface area contributed by atoms with Crippen molar-refractivity contribution in [2.75, 3.05) is 6.61 Å². The van der Waals surface area contributed by atoms with Gasteiger partial charge in [0.1, 0.15) is 11.6 Å². The Bertz CT molecular complexity index is 414. The molecule has 0 bridgehead atoms. The topological polar surface area (TPSA) is 48.1 Å². The number of thiazole rings is 1. The molecule has 0 amide bonds. The number of nitrogens with zero attached hydrogens (tertiary/aromatic N) is 1. The maximum absolute atomic E-state index is 12.6. The van der Waals surface area contributed by atoms with Crippen molar-refractivity contribution < 1.29 is 22.3 Å². The van der Waals surface area contributed by atoms with Gasteiger partial charge in [0, 0.05) is 5.38 Å². The molecule has 0 fully saturated rings. The Morgan fingerprint density at radius 1 is 1.45 bits per heavy atom. The van der Waals surface area contributed by atoms with Crippen LogP contribution in [0.3, 0.4) is 0 Å². The average Bonchev–Trinajstić information content (AvgIpc) is 2.85. The van der Waals surface area contributed by atoms with Crippen molar-refractivity contribution in [3.8, 4) is 0 Å². The zero-order valence-corrected chi connectivity index (χ0v) is 12.1. The van der Waals surface area contributed by atoms with Crippen LogP contribution in [0.15, 0.2) is 5.38 Å². The Hall–Kier alpha value is -0.730. The number of rotatable bonds is 8. The van der Waals surface area contributed by atoms with Crippen LogP contribution in [-0.4, -0.2) is 23.9 Å². The minimum absolute atomic E-state index is 0.222. The van der Waals surface area contributed by atoms with Crippen LogP contribution >= 0.6 is 11.3 Å². The van der Waals surface area contributed by atoms with Gasteiger partial charge in [-0.2, -0.15) is 8.78 Å². The summed E-state index contributed by atoms with van der Waals surface area (Å²) in [4.78, 5) is 4.18. The summed E-state index contributed by atoms with van der Waals surface area (Å²) in [5.74, 6) is -3.89. The summed E-state index contributed by atoms with van der Waals surface area (Å²) in [5, 5.41) is 2.18. The minimum atomic E-state index is -4.13. The lowest BCUT2D eigenvalue weighted by atomic mass is 9.98. The quantitative estimate of drug-likeness (QED) is 0.746. The van der Waals surface area contributed by atoms with Crippen molar-refractivity contribution in [3.05, 3.63) is 16.1 Å². The first-order chi connectivity index (χ1) is 9.27. The summed E-state index contributed by atoms with van der Waals surface area (Å²) in [6.07, 6.45) is -2.83. The predicted octanol–water partition coefficient (Wildman–Crippen LogP) is 3.61. The van der Waals surface area contributed by atoms with E-state index >= 15 is 0 Å². The van der Waals surface area contributed by atoms with Crippen LogP contribution < -0.4 is 5.73 Å². The summed E-state index contributed by atoms with van der Waals surface area (Å²) in [7, 11) is 0. The molecule has 116 valence electrons. The van der Waals surface area contributed by atoms with E-state index in [0.717, 1.165) is 6.42 Å². The lowest BCUT2D eigenvalue weighted by Gasteiger charge is -2.16. The van der Waals surface area contributed by atoms with Gasteiger partial charge in [0.2, 0.25) is 0 Å². The number of alkyl halides is 4. The van der Waals surface area contributed by atoms with Crippen molar-refractivity contribution >= 4 is 11.3 Å². The highest BCUT2D eigenvalue weighted by Gasteiger charge is 2.41. The number of aromatic nitrogens is 1. The zero-order valence-electron chi connectivity index (χ0n) is 11.3. The van der Waals surface area contributed by atoms with Gasteiger partial charge in [-0.1, -0.05) is 20.3 Å².